The molecule has 0 saturated carbocycles. The highest BCUT2D eigenvalue weighted by molar-refractivity contribution is 14.1. The zero-order chi connectivity index (χ0) is 12.4. The lowest BCUT2D eigenvalue weighted by Crippen LogP contribution is -2.26. The van der Waals surface area contributed by atoms with E-state index < -0.39 is 0 Å². The van der Waals surface area contributed by atoms with Gasteiger partial charge in [0.25, 0.3) is 5.56 Å². The van der Waals surface area contributed by atoms with Gasteiger partial charge in [0.05, 0.1) is 15.8 Å². The molecule has 0 N–H and O–H groups in total. The van der Waals surface area contributed by atoms with E-state index in [0.717, 1.165) is 10.2 Å². The third kappa shape index (κ3) is 2.92. The van der Waals surface area contributed by atoms with Crippen molar-refractivity contribution in [3.05, 3.63) is 54.4 Å². The summed E-state index contributed by atoms with van der Waals surface area (Å²) in [6.45, 7) is 2.26. The van der Waals surface area contributed by atoms with Gasteiger partial charge < -0.3 is 0 Å². The lowest BCUT2D eigenvalue weighted by molar-refractivity contribution is 0.681. The van der Waals surface area contributed by atoms with Crippen LogP contribution in [0.3, 0.4) is 0 Å². The molecule has 0 saturated heterocycles. The first-order valence-corrected chi connectivity index (χ1v) is 6.77. The van der Waals surface area contributed by atoms with Crippen LogP contribution >= 0.6 is 38.5 Å². The van der Waals surface area contributed by atoms with Gasteiger partial charge in [0, 0.05) is 16.9 Å². The molecule has 0 aliphatic carbocycles. The van der Waals surface area contributed by atoms with Crippen LogP contribution < -0.4 is 5.56 Å². The normalized spacial score (nSPS) is 10.5. The summed E-state index contributed by atoms with van der Waals surface area (Å²) in [5, 5.41) is 0. The topological polar surface area (TPSA) is 47.8 Å². The Morgan fingerprint density at radius 3 is 2.76 bits per heavy atom. The van der Waals surface area contributed by atoms with Crippen LogP contribution in [0.4, 0.5) is 0 Å². The van der Waals surface area contributed by atoms with Crippen LogP contribution in [0.2, 0.25) is 0 Å². The Balaban J connectivity index is 2.39. The average molecular weight is 406 g/mol. The molecule has 0 bridgehead atoms. The van der Waals surface area contributed by atoms with Gasteiger partial charge >= 0.3 is 0 Å². The fraction of sp³-hybridized carbons (Fsp3) is 0.182. The van der Waals surface area contributed by atoms with E-state index in [1.165, 1.54) is 0 Å². The van der Waals surface area contributed by atoms with Gasteiger partial charge in [-0.15, -0.1) is 0 Å². The van der Waals surface area contributed by atoms with Crippen molar-refractivity contribution >= 4 is 38.5 Å². The van der Waals surface area contributed by atoms with Crippen molar-refractivity contribution in [3.8, 4) is 0 Å². The van der Waals surface area contributed by atoms with Crippen LogP contribution in [0, 0.1) is 10.5 Å². The highest BCUT2D eigenvalue weighted by atomic mass is 127. The molecule has 2 aromatic rings. The molecule has 2 aromatic heterocycles. The average Bonchev–Trinajstić information content (AvgIpc) is 2.32. The first kappa shape index (κ1) is 12.7. The molecular formula is C11H9BrIN3O. The smallest absolute Gasteiger partial charge is 0.267 e. The Morgan fingerprint density at radius 1 is 1.35 bits per heavy atom. The number of aryl methyl sites for hydroxylation is 1. The van der Waals surface area contributed by atoms with Gasteiger partial charge in [-0.25, -0.2) is 4.98 Å². The van der Waals surface area contributed by atoms with Crippen molar-refractivity contribution in [2.24, 2.45) is 0 Å². The summed E-state index contributed by atoms with van der Waals surface area (Å²) in [5.41, 5.74) is 0.810. The van der Waals surface area contributed by atoms with Crippen molar-refractivity contribution in [1.29, 1.82) is 0 Å². The Morgan fingerprint density at radius 2 is 2.12 bits per heavy atom. The van der Waals surface area contributed by atoms with Crippen LogP contribution in [0.1, 0.15) is 11.5 Å². The summed E-state index contributed by atoms with van der Waals surface area (Å²) in [4.78, 5) is 20.4. The molecule has 17 heavy (non-hydrogen) atoms. The van der Waals surface area contributed by atoms with Crippen LogP contribution in [-0.4, -0.2) is 14.5 Å². The number of hydrogen-bond acceptors (Lipinski definition) is 3. The summed E-state index contributed by atoms with van der Waals surface area (Å²) in [5.74, 6) is 0.695. The quantitative estimate of drug-likeness (QED) is 0.720. The molecule has 0 aliphatic heterocycles. The van der Waals surface area contributed by atoms with Crippen LogP contribution in [-0.2, 0) is 6.54 Å². The molecule has 6 heteroatoms. The van der Waals surface area contributed by atoms with Gasteiger partial charge in [-0.2, -0.15) is 0 Å². The molecule has 0 aromatic carbocycles. The fourth-order valence-corrected chi connectivity index (χ4v) is 2.06. The zero-order valence-electron chi connectivity index (χ0n) is 9.02. The summed E-state index contributed by atoms with van der Waals surface area (Å²) < 4.78 is 3.16. The molecule has 0 fully saturated rings. The van der Waals surface area contributed by atoms with Gasteiger partial charge in [0.2, 0.25) is 0 Å². The molecule has 2 heterocycles. The van der Waals surface area contributed by atoms with E-state index >= 15 is 0 Å². The molecule has 0 amide bonds. The van der Waals surface area contributed by atoms with Gasteiger partial charge in [-0.1, -0.05) is 0 Å². The summed E-state index contributed by atoms with van der Waals surface area (Å²) in [6, 6.07) is 3.79. The Bertz CT molecular complexity index is 595. The van der Waals surface area contributed by atoms with Gasteiger partial charge in [-0.3, -0.25) is 14.3 Å². The third-order valence-electron chi connectivity index (χ3n) is 2.31. The van der Waals surface area contributed by atoms with E-state index in [4.69, 9.17) is 0 Å². The molecule has 4 nitrogen and oxygen atoms in total. The molecule has 0 atom stereocenters. The second-order valence-electron chi connectivity index (χ2n) is 3.51. The van der Waals surface area contributed by atoms with Crippen molar-refractivity contribution in [2.45, 2.75) is 13.5 Å². The maximum Gasteiger partial charge on any atom is 0.267 e. The predicted molar refractivity (Wildman–Crippen MR) is 77.0 cm³/mol. The fourth-order valence-electron chi connectivity index (χ4n) is 1.40. The maximum atomic E-state index is 11.9. The number of pyridine rings is 1. The Kier molecular flexibility index (Phi) is 3.93. The van der Waals surface area contributed by atoms with E-state index in [0.29, 0.717) is 15.9 Å². The highest BCUT2D eigenvalue weighted by Crippen LogP contribution is 2.08. The Hall–Kier alpha value is -0.760. The van der Waals surface area contributed by atoms with Crippen molar-refractivity contribution in [2.75, 3.05) is 0 Å². The number of nitrogens with zero attached hydrogens (tertiary/aromatic N) is 3. The first-order valence-electron chi connectivity index (χ1n) is 4.90. The largest absolute Gasteiger partial charge is 0.290 e. The Labute approximate surface area is 120 Å². The van der Waals surface area contributed by atoms with Gasteiger partial charge in [-0.05, 0) is 57.6 Å². The first-order chi connectivity index (χ1) is 8.08. The number of rotatable bonds is 2. The van der Waals surface area contributed by atoms with Crippen LogP contribution in [0.5, 0.6) is 0 Å². The zero-order valence-corrected chi connectivity index (χ0v) is 12.8. The van der Waals surface area contributed by atoms with E-state index in [1.807, 2.05) is 41.6 Å². The molecule has 0 spiro atoms. The summed E-state index contributed by atoms with van der Waals surface area (Å²) in [7, 11) is 0. The summed E-state index contributed by atoms with van der Waals surface area (Å²) >= 11 is 5.32. The minimum absolute atomic E-state index is 0.0252. The lowest BCUT2D eigenvalue weighted by atomic mass is 10.3. The monoisotopic (exact) mass is 405 g/mol. The minimum Gasteiger partial charge on any atom is -0.290 e. The van der Waals surface area contributed by atoms with Crippen molar-refractivity contribution in [1.82, 2.24) is 14.5 Å². The van der Waals surface area contributed by atoms with Crippen molar-refractivity contribution < 1.29 is 0 Å². The molecule has 0 unspecified atom stereocenters. The van der Waals surface area contributed by atoms with Gasteiger partial charge in [0.15, 0.2) is 0 Å². The highest BCUT2D eigenvalue weighted by Gasteiger charge is 2.06. The summed E-state index contributed by atoms with van der Waals surface area (Å²) in [6.07, 6.45) is 3.31. The molecule has 2 rings (SSSR count). The second-order valence-corrected chi connectivity index (χ2v) is 5.59. The predicted octanol–water partition coefficient (Wildman–Crippen LogP) is 2.36. The number of hydrogen-bond donors (Lipinski definition) is 0. The van der Waals surface area contributed by atoms with Crippen molar-refractivity contribution in [3.63, 3.8) is 0 Å². The van der Waals surface area contributed by atoms with E-state index in [2.05, 4.69) is 25.9 Å². The third-order valence-corrected chi connectivity index (χ3v) is 3.52. The van der Waals surface area contributed by atoms with E-state index in [9.17, 15) is 4.79 Å². The molecule has 0 aliphatic rings. The molecule has 88 valence electrons. The van der Waals surface area contributed by atoms with E-state index in [1.54, 1.807) is 17.0 Å². The standard InChI is InChI=1S/C11H9BrIN3O/c1-7-14-5-10(13)11(17)16(7)6-9-3-2-8(12)4-15-9/h2-5H,6H2,1H3. The van der Waals surface area contributed by atoms with E-state index in [-0.39, 0.29) is 5.56 Å². The second kappa shape index (κ2) is 5.26. The van der Waals surface area contributed by atoms with Crippen LogP contribution in [0.15, 0.2) is 33.8 Å². The molecular weight excluding hydrogens is 397 g/mol. The minimum atomic E-state index is -0.0252. The van der Waals surface area contributed by atoms with Crippen LogP contribution in [0.25, 0.3) is 0 Å². The number of halogens is 2. The maximum absolute atomic E-state index is 11.9. The number of aromatic nitrogens is 3. The SMILES string of the molecule is Cc1ncc(I)c(=O)n1Cc1ccc(Br)cn1. The molecule has 0 radical (unpaired) electrons. The van der Waals surface area contributed by atoms with Gasteiger partial charge in [0.1, 0.15) is 5.82 Å². The lowest BCUT2D eigenvalue weighted by Gasteiger charge is -2.08.